The molecule has 0 spiro atoms. The molecule has 1 N–H and O–H groups in total. The van der Waals surface area contributed by atoms with Crippen molar-refractivity contribution in [1.29, 1.82) is 0 Å². The molecule has 0 saturated heterocycles. The van der Waals surface area contributed by atoms with Gasteiger partial charge in [0.15, 0.2) is 0 Å². The molecule has 0 heterocycles. The second-order valence-corrected chi connectivity index (χ2v) is 8.21. The van der Waals surface area contributed by atoms with E-state index in [-0.39, 0.29) is 6.42 Å². The molecule has 2 bridgehead atoms. The minimum atomic E-state index is -6.26. The molecule has 138 valence electrons. The predicted molar refractivity (Wildman–Crippen MR) is 86.1 cm³/mol. The van der Waals surface area contributed by atoms with Crippen molar-refractivity contribution in [3.63, 3.8) is 0 Å². The first-order chi connectivity index (χ1) is 12.1. The van der Waals surface area contributed by atoms with Gasteiger partial charge >= 0.3 is 21.3 Å². The molecule has 2 aromatic carbocycles. The minimum Gasteiger partial charge on any atom is -0.281 e. The molecule has 1 atom stereocenters. The van der Waals surface area contributed by atoms with E-state index in [2.05, 4.69) is 0 Å². The zero-order chi connectivity index (χ0) is 18.9. The molecule has 0 aliphatic heterocycles. The number of hydrogen-bond donors (Lipinski definition) is 1. The fourth-order valence-electron chi connectivity index (χ4n) is 4.38. The molecular weight excluding hydrogens is 372 g/mol. The Labute approximate surface area is 147 Å². The molecule has 0 aromatic heterocycles. The summed E-state index contributed by atoms with van der Waals surface area (Å²) < 4.78 is 88.1. The first-order valence-electron chi connectivity index (χ1n) is 7.97. The quantitative estimate of drug-likeness (QED) is 0.628. The van der Waals surface area contributed by atoms with E-state index >= 15 is 0 Å². The zero-order valence-electron chi connectivity index (χ0n) is 13.2. The highest BCUT2D eigenvalue weighted by Gasteiger charge is 2.71. The summed E-state index contributed by atoms with van der Waals surface area (Å²) in [6.45, 7) is 0. The summed E-state index contributed by atoms with van der Waals surface area (Å²) in [4.78, 5) is 0. The molecule has 2 aromatic rings. The molecule has 3 aliphatic carbocycles. The van der Waals surface area contributed by atoms with Gasteiger partial charge in [-0.2, -0.15) is 26.0 Å². The molecule has 0 radical (unpaired) electrons. The second kappa shape index (κ2) is 5.29. The van der Waals surface area contributed by atoms with Gasteiger partial charge in [-0.25, -0.2) is 0 Å². The number of alkyl halides is 4. The number of halogens is 4. The molecule has 3 aliphatic rings. The van der Waals surface area contributed by atoms with Crippen LogP contribution in [0.3, 0.4) is 0 Å². The summed E-state index contributed by atoms with van der Waals surface area (Å²) in [7, 11) is -6.26. The van der Waals surface area contributed by atoms with E-state index in [0.29, 0.717) is 11.1 Å². The summed E-state index contributed by atoms with van der Waals surface area (Å²) in [5.74, 6) is -8.48. The standard InChI is InChI=1S/C18H14F4O3S/c19-17(20,18(21,22)26(23,24)25)15-9-14-10-5-1-3-7-12(10)16(15)13-8-4-2-6-11(13)14/h1-8,14-16H,9H2,(H,23,24,25). The number of benzene rings is 2. The number of rotatable bonds is 3. The first-order valence-corrected chi connectivity index (χ1v) is 9.41. The van der Waals surface area contributed by atoms with Crippen LogP contribution in [0.25, 0.3) is 0 Å². The van der Waals surface area contributed by atoms with Crippen LogP contribution >= 0.6 is 0 Å². The van der Waals surface area contributed by atoms with Gasteiger partial charge in [-0.3, -0.25) is 4.55 Å². The van der Waals surface area contributed by atoms with Crippen LogP contribution in [-0.4, -0.2) is 24.1 Å². The maximum Gasteiger partial charge on any atom is 0.431 e. The maximum absolute atomic E-state index is 14.7. The van der Waals surface area contributed by atoms with Crippen LogP contribution in [0, 0.1) is 5.92 Å². The lowest BCUT2D eigenvalue weighted by Gasteiger charge is -2.48. The molecule has 8 heteroatoms. The smallest absolute Gasteiger partial charge is 0.281 e. The molecule has 0 saturated carbocycles. The Balaban J connectivity index is 1.92. The normalized spacial score (nSPS) is 24.9. The lowest BCUT2D eigenvalue weighted by atomic mass is 9.57. The van der Waals surface area contributed by atoms with Gasteiger partial charge < -0.3 is 0 Å². The molecule has 1 unspecified atom stereocenters. The fraction of sp³-hybridized carbons (Fsp3) is 0.333. The molecule has 5 rings (SSSR count). The van der Waals surface area contributed by atoms with Gasteiger partial charge in [0, 0.05) is 17.8 Å². The topological polar surface area (TPSA) is 54.4 Å². The summed E-state index contributed by atoms with van der Waals surface area (Å²) in [6.07, 6.45) is -0.323. The van der Waals surface area contributed by atoms with Crippen molar-refractivity contribution in [1.82, 2.24) is 0 Å². The van der Waals surface area contributed by atoms with E-state index in [0.717, 1.165) is 11.1 Å². The lowest BCUT2D eigenvalue weighted by molar-refractivity contribution is -0.200. The van der Waals surface area contributed by atoms with Crippen molar-refractivity contribution in [3.05, 3.63) is 70.8 Å². The summed E-state index contributed by atoms with van der Waals surface area (Å²) in [5, 5.41) is -5.56. The van der Waals surface area contributed by atoms with Crippen LogP contribution in [0.4, 0.5) is 17.6 Å². The number of hydrogen-bond acceptors (Lipinski definition) is 2. The number of fused-ring (bicyclic) bond motifs is 1. The van der Waals surface area contributed by atoms with E-state index in [1.165, 1.54) is 0 Å². The highest BCUT2D eigenvalue weighted by Crippen LogP contribution is 2.61. The van der Waals surface area contributed by atoms with Gasteiger partial charge in [0.05, 0.1) is 0 Å². The Kier molecular flexibility index (Phi) is 3.56. The van der Waals surface area contributed by atoms with Crippen molar-refractivity contribution >= 4 is 10.1 Å². The van der Waals surface area contributed by atoms with E-state index < -0.39 is 39.0 Å². The summed E-state index contributed by atoms with van der Waals surface area (Å²) >= 11 is 0. The third-order valence-electron chi connectivity index (χ3n) is 5.48. The van der Waals surface area contributed by atoms with E-state index in [4.69, 9.17) is 4.55 Å². The molecular formula is C18H14F4O3S. The van der Waals surface area contributed by atoms with Crippen LogP contribution < -0.4 is 0 Å². The average Bonchev–Trinajstić information content (AvgIpc) is 2.60. The maximum atomic E-state index is 14.7. The highest BCUT2D eigenvalue weighted by molar-refractivity contribution is 7.87. The summed E-state index contributed by atoms with van der Waals surface area (Å²) in [5.41, 5.74) is 2.58. The fourth-order valence-corrected chi connectivity index (χ4v) is 4.88. The zero-order valence-corrected chi connectivity index (χ0v) is 14.1. The van der Waals surface area contributed by atoms with Crippen molar-refractivity contribution in [2.75, 3.05) is 0 Å². The van der Waals surface area contributed by atoms with Gasteiger partial charge in [-0.1, -0.05) is 48.5 Å². The minimum absolute atomic E-state index is 0.323. The second-order valence-electron chi connectivity index (χ2n) is 6.75. The van der Waals surface area contributed by atoms with E-state index in [9.17, 15) is 26.0 Å². The van der Waals surface area contributed by atoms with E-state index in [1.807, 2.05) is 0 Å². The van der Waals surface area contributed by atoms with E-state index in [1.54, 1.807) is 48.5 Å². The van der Waals surface area contributed by atoms with Crippen LogP contribution in [0.15, 0.2) is 48.5 Å². The van der Waals surface area contributed by atoms with Gasteiger partial charge in [0.2, 0.25) is 0 Å². The lowest BCUT2D eigenvalue weighted by Crippen LogP contribution is -2.55. The van der Waals surface area contributed by atoms with Gasteiger partial charge in [-0.05, 0) is 28.7 Å². The van der Waals surface area contributed by atoms with Crippen molar-refractivity contribution in [2.45, 2.75) is 29.4 Å². The van der Waals surface area contributed by atoms with Gasteiger partial charge in [-0.15, -0.1) is 0 Å². The first kappa shape index (κ1) is 17.5. The monoisotopic (exact) mass is 386 g/mol. The Hall–Kier alpha value is -1.93. The van der Waals surface area contributed by atoms with Crippen LogP contribution in [0.1, 0.15) is 40.5 Å². The average molecular weight is 386 g/mol. The molecule has 26 heavy (non-hydrogen) atoms. The van der Waals surface area contributed by atoms with Gasteiger partial charge in [0.1, 0.15) is 0 Å². The largest absolute Gasteiger partial charge is 0.431 e. The highest BCUT2D eigenvalue weighted by atomic mass is 32.2. The third kappa shape index (κ3) is 2.11. The van der Waals surface area contributed by atoms with Crippen LogP contribution in [0.5, 0.6) is 0 Å². The van der Waals surface area contributed by atoms with Gasteiger partial charge in [0.25, 0.3) is 0 Å². The molecule has 0 fully saturated rings. The predicted octanol–water partition coefficient (Wildman–Crippen LogP) is 4.40. The Morgan fingerprint density at radius 2 is 1.27 bits per heavy atom. The van der Waals surface area contributed by atoms with Crippen molar-refractivity contribution in [2.24, 2.45) is 5.92 Å². The van der Waals surface area contributed by atoms with Crippen LogP contribution in [-0.2, 0) is 10.1 Å². The Morgan fingerprint density at radius 1 is 0.846 bits per heavy atom. The molecule has 3 nitrogen and oxygen atoms in total. The van der Waals surface area contributed by atoms with Crippen molar-refractivity contribution in [3.8, 4) is 0 Å². The molecule has 0 amide bonds. The Morgan fingerprint density at radius 3 is 1.69 bits per heavy atom. The Bertz CT molecular complexity index is 940. The van der Waals surface area contributed by atoms with Crippen molar-refractivity contribution < 1.29 is 30.5 Å². The summed E-state index contributed by atoms with van der Waals surface area (Å²) in [6, 6.07) is 13.5. The SMILES string of the molecule is O=S(=O)(O)C(F)(F)C(F)(F)C1CC2c3ccccc3C1c1ccccc12. The van der Waals surface area contributed by atoms with Crippen LogP contribution in [0.2, 0.25) is 0 Å². The third-order valence-corrected chi connectivity index (χ3v) is 6.40.